The van der Waals surface area contributed by atoms with Crippen molar-refractivity contribution >= 4 is 34.9 Å². The molecule has 8 nitrogen and oxygen atoms in total. The minimum absolute atomic E-state index is 0.00118. The summed E-state index contributed by atoms with van der Waals surface area (Å²) in [6, 6.07) is 10.4. The minimum Gasteiger partial charge on any atom is -0.353 e. The Morgan fingerprint density at radius 1 is 1.03 bits per heavy atom. The molecule has 1 fully saturated rings. The summed E-state index contributed by atoms with van der Waals surface area (Å²) >= 11 is 11.8. The van der Waals surface area contributed by atoms with E-state index in [-0.39, 0.29) is 5.91 Å². The van der Waals surface area contributed by atoms with E-state index in [0.717, 1.165) is 11.4 Å². The number of tetrazole rings is 1. The van der Waals surface area contributed by atoms with Crippen LogP contribution in [0.5, 0.6) is 0 Å². The lowest BCUT2D eigenvalue weighted by Crippen LogP contribution is -2.51. The molecule has 30 heavy (non-hydrogen) atoms. The quantitative estimate of drug-likeness (QED) is 0.598. The van der Waals surface area contributed by atoms with Crippen molar-refractivity contribution in [2.75, 3.05) is 31.1 Å². The van der Waals surface area contributed by atoms with Crippen LogP contribution in [0, 0.1) is 0 Å². The highest BCUT2D eigenvalue weighted by atomic mass is 35.5. The molecule has 1 aliphatic rings. The largest absolute Gasteiger partial charge is 0.353 e. The number of rotatable bonds is 5. The van der Waals surface area contributed by atoms with E-state index >= 15 is 0 Å². The van der Waals surface area contributed by atoms with Crippen LogP contribution in [-0.2, 0) is 4.79 Å². The molecular weight excluding hydrogens is 425 g/mol. The summed E-state index contributed by atoms with van der Waals surface area (Å²) in [6.45, 7) is 4.58. The summed E-state index contributed by atoms with van der Waals surface area (Å²) in [4.78, 5) is 22.9. The number of halogens is 2. The molecule has 3 aromatic rings. The van der Waals surface area contributed by atoms with E-state index in [2.05, 4.69) is 25.3 Å². The third-order valence-corrected chi connectivity index (χ3v) is 5.58. The van der Waals surface area contributed by atoms with E-state index < -0.39 is 6.04 Å². The molecule has 1 unspecified atom stereocenters. The second kappa shape index (κ2) is 8.97. The molecule has 156 valence electrons. The maximum absolute atomic E-state index is 13.1. The summed E-state index contributed by atoms with van der Waals surface area (Å²) in [6.07, 6.45) is 2.21. The predicted octanol–water partition coefficient (Wildman–Crippen LogP) is 3.34. The lowest BCUT2D eigenvalue weighted by Gasteiger charge is -2.36. The number of hydrogen-bond acceptors (Lipinski definition) is 6. The number of nitrogens with zero attached hydrogens (tertiary/aromatic N) is 7. The molecule has 0 N–H and O–H groups in total. The van der Waals surface area contributed by atoms with E-state index in [1.54, 1.807) is 18.3 Å². The first kappa shape index (κ1) is 20.6. The Kier molecular flexibility index (Phi) is 6.15. The average Bonchev–Trinajstić information content (AvgIpc) is 3.25. The van der Waals surface area contributed by atoms with Gasteiger partial charge >= 0.3 is 0 Å². The molecule has 0 saturated carbocycles. The summed E-state index contributed by atoms with van der Waals surface area (Å²) in [5, 5.41) is 13.9. The number of amides is 1. The molecule has 1 saturated heterocycles. The summed E-state index contributed by atoms with van der Waals surface area (Å²) in [5.74, 6) is 1.34. The van der Waals surface area contributed by atoms with Crippen LogP contribution in [0.2, 0.25) is 10.0 Å². The zero-order chi connectivity index (χ0) is 21.1. The Bertz CT molecular complexity index is 999. The van der Waals surface area contributed by atoms with Crippen LogP contribution in [0.3, 0.4) is 0 Å². The molecule has 1 aliphatic heterocycles. The van der Waals surface area contributed by atoms with Crippen LogP contribution in [0.15, 0.2) is 42.6 Å². The van der Waals surface area contributed by atoms with E-state index in [9.17, 15) is 4.79 Å². The molecule has 0 aliphatic carbocycles. The monoisotopic (exact) mass is 445 g/mol. The first-order valence-electron chi connectivity index (χ1n) is 9.76. The van der Waals surface area contributed by atoms with Crippen molar-refractivity contribution in [3.63, 3.8) is 0 Å². The van der Waals surface area contributed by atoms with Gasteiger partial charge in [0.05, 0.1) is 5.02 Å². The highest BCUT2D eigenvalue weighted by molar-refractivity contribution is 6.30. The van der Waals surface area contributed by atoms with Gasteiger partial charge in [0.25, 0.3) is 0 Å². The van der Waals surface area contributed by atoms with Gasteiger partial charge in [0.1, 0.15) is 5.82 Å². The maximum atomic E-state index is 13.1. The Labute approximate surface area is 184 Å². The van der Waals surface area contributed by atoms with Gasteiger partial charge in [0, 0.05) is 43.0 Å². The van der Waals surface area contributed by atoms with Crippen molar-refractivity contribution < 1.29 is 4.79 Å². The Balaban J connectivity index is 1.42. The van der Waals surface area contributed by atoms with Crippen LogP contribution in [0.1, 0.15) is 19.4 Å². The third kappa shape index (κ3) is 4.39. The van der Waals surface area contributed by atoms with Gasteiger partial charge in [0.15, 0.2) is 6.04 Å². The maximum Gasteiger partial charge on any atom is 0.249 e. The van der Waals surface area contributed by atoms with E-state index in [1.165, 1.54) is 4.80 Å². The molecule has 2 aromatic heterocycles. The van der Waals surface area contributed by atoms with Gasteiger partial charge in [-0.2, -0.15) is 4.80 Å². The van der Waals surface area contributed by atoms with Gasteiger partial charge in [0.2, 0.25) is 11.7 Å². The number of carbonyl (C=O) groups is 1. The minimum atomic E-state index is -0.487. The van der Waals surface area contributed by atoms with E-state index in [1.807, 2.05) is 36.1 Å². The topological polar surface area (TPSA) is 80.0 Å². The molecular formula is C20H21Cl2N7O. The van der Waals surface area contributed by atoms with E-state index in [0.29, 0.717) is 48.5 Å². The SMILES string of the molecule is CCC(C(=O)N1CCN(c2ccc(Cl)cn2)CC1)n1nnc(-c2ccc(Cl)cc2)n1. The molecule has 0 spiro atoms. The molecule has 0 bridgehead atoms. The van der Waals surface area contributed by atoms with Crippen LogP contribution >= 0.6 is 23.2 Å². The molecule has 1 amide bonds. The first-order valence-corrected chi connectivity index (χ1v) is 10.5. The Hall–Kier alpha value is -2.71. The number of aromatic nitrogens is 5. The fourth-order valence-electron chi connectivity index (χ4n) is 3.43. The van der Waals surface area contributed by atoms with Crippen LogP contribution in [0.4, 0.5) is 5.82 Å². The van der Waals surface area contributed by atoms with Crippen LogP contribution in [0.25, 0.3) is 11.4 Å². The number of carbonyl (C=O) groups excluding carboxylic acids is 1. The van der Waals surface area contributed by atoms with Crippen molar-refractivity contribution in [1.29, 1.82) is 0 Å². The Morgan fingerprint density at radius 2 is 1.73 bits per heavy atom. The second-order valence-corrected chi connectivity index (χ2v) is 7.88. The van der Waals surface area contributed by atoms with Crippen molar-refractivity contribution in [2.45, 2.75) is 19.4 Å². The van der Waals surface area contributed by atoms with Gasteiger partial charge in [-0.05, 0) is 48.0 Å². The van der Waals surface area contributed by atoms with Crippen molar-refractivity contribution in [1.82, 2.24) is 30.1 Å². The van der Waals surface area contributed by atoms with Gasteiger partial charge in [-0.3, -0.25) is 4.79 Å². The standard InChI is InChI=1S/C20H21Cl2N7O/c1-2-17(29-25-19(24-26-29)14-3-5-15(21)6-4-14)20(30)28-11-9-27(10-12-28)18-8-7-16(22)13-23-18/h3-8,13,17H,2,9-12H2,1H3. The molecule has 10 heteroatoms. The van der Waals surface area contributed by atoms with Crippen LogP contribution in [-0.4, -0.2) is 62.2 Å². The number of hydrogen-bond donors (Lipinski definition) is 0. The normalized spacial score (nSPS) is 15.3. The summed E-state index contributed by atoms with van der Waals surface area (Å²) in [7, 11) is 0. The smallest absolute Gasteiger partial charge is 0.249 e. The van der Waals surface area contributed by atoms with Gasteiger partial charge < -0.3 is 9.80 Å². The van der Waals surface area contributed by atoms with Gasteiger partial charge in [-0.25, -0.2) is 4.98 Å². The number of anilines is 1. The average molecular weight is 446 g/mol. The highest BCUT2D eigenvalue weighted by Crippen LogP contribution is 2.21. The molecule has 1 aromatic carbocycles. The number of benzene rings is 1. The summed E-state index contributed by atoms with van der Waals surface area (Å²) in [5.41, 5.74) is 0.803. The fraction of sp³-hybridized carbons (Fsp3) is 0.350. The van der Waals surface area contributed by atoms with Gasteiger partial charge in [-0.1, -0.05) is 30.1 Å². The van der Waals surface area contributed by atoms with E-state index in [4.69, 9.17) is 23.2 Å². The summed E-state index contributed by atoms with van der Waals surface area (Å²) < 4.78 is 0. The zero-order valence-electron chi connectivity index (χ0n) is 16.4. The lowest BCUT2D eigenvalue weighted by atomic mass is 10.2. The highest BCUT2D eigenvalue weighted by Gasteiger charge is 2.29. The van der Waals surface area contributed by atoms with Crippen molar-refractivity contribution in [2.24, 2.45) is 0 Å². The number of piperazine rings is 1. The third-order valence-electron chi connectivity index (χ3n) is 5.11. The molecule has 4 rings (SSSR count). The fourth-order valence-corrected chi connectivity index (χ4v) is 3.67. The van der Waals surface area contributed by atoms with Crippen molar-refractivity contribution in [3.05, 3.63) is 52.6 Å². The molecule has 1 atom stereocenters. The molecule has 0 radical (unpaired) electrons. The van der Waals surface area contributed by atoms with Gasteiger partial charge in [-0.15, -0.1) is 10.2 Å². The lowest BCUT2D eigenvalue weighted by molar-refractivity contribution is -0.135. The van der Waals surface area contributed by atoms with Crippen LogP contribution < -0.4 is 4.90 Å². The number of pyridine rings is 1. The zero-order valence-corrected chi connectivity index (χ0v) is 18.0. The first-order chi connectivity index (χ1) is 14.5. The Morgan fingerprint density at radius 3 is 2.37 bits per heavy atom. The van der Waals surface area contributed by atoms with Crippen molar-refractivity contribution in [3.8, 4) is 11.4 Å². The second-order valence-electron chi connectivity index (χ2n) is 7.01. The molecule has 3 heterocycles. The predicted molar refractivity (Wildman–Crippen MR) is 116 cm³/mol.